The molecule has 0 bridgehead atoms. The van der Waals surface area contributed by atoms with Crippen LogP contribution in [0.1, 0.15) is 0 Å². The van der Waals surface area contributed by atoms with Crippen LogP contribution in [-0.2, 0) is 34.8 Å². The van der Waals surface area contributed by atoms with E-state index in [2.05, 4.69) is 0 Å². The van der Waals surface area contributed by atoms with Crippen LogP contribution in [0.25, 0.3) is 0 Å². The van der Waals surface area contributed by atoms with Crippen LogP contribution < -0.4 is 44.0 Å². The second kappa shape index (κ2) is 16.2. The maximum absolute atomic E-state index is 8.55. The monoisotopic (exact) mass is 536 g/mol. The van der Waals surface area contributed by atoms with Crippen molar-refractivity contribution in [1.29, 1.82) is 0 Å². The van der Waals surface area contributed by atoms with Gasteiger partial charge in [0, 0.05) is 21.1 Å². The van der Waals surface area contributed by atoms with E-state index in [1.807, 2.05) is 0 Å². The summed E-state index contributed by atoms with van der Waals surface area (Å²) in [5.41, 5.74) is 0. The molecular weight excluding hydrogens is 536 g/mol. The fraction of sp³-hybridized carbons (Fsp3) is 0. The molecule has 102 valence electrons. The maximum Gasteiger partial charge on any atom is 3.00 e. The van der Waals surface area contributed by atoms with Gasteiger partial charge in [-0.15, -0.1) is 0 Å². The number of hydrogen-bond acceptors (Lipinski definition) is 12. The fourth-order valence-electron chi connectivity index (χ4n) is 0. The van der Waals surface area contributed by atoms with Crippen LogP contribution in [0, 0.1) is 0 Å². The van der Waals surface area contributed by atoms with Gasteiger partial charge in [0.1, 0.15) is 0 Å². The molecule has 0 aliphatic heterocycles. The summed E-state index contributed by atoms with van der Waals surface area (Å²) in [6.45, 7) is 0. The van der Waals surface area contributed by atoms with E-state index < -0.39 is 23.5 Å². The maximum atomic E-state index is 8.55. The van der Waals surface area contributed by atoms with Crippen LogP contribution in [0.5, 0.6) is 0 Å². The molecular formula is AlCaO12P3W-4. The van der Waals surface area contributed by atoms with Gasteiger partial charge in [-0.2, -0.15) is 23.5 Å². The third-order valence-electron chi connectivity index (χ3n) is 0. The van der Waals surface area contributed by atoms with Gasteiger partial charge < -0.3 is 57.7 Å². The first-order valence-corrected chi connectivity index (χ1v) is 6.57. The van der Waals surface area contributed by atoms with Crippen molar-refractivity contribution in [2.75, 3.05) is 0 Å². The van der Waals surface area contributed by atoms with Crippen molar-refractivity contribution in [1.82, 2.24) is 0 Å². The van der Waals surface area contributed by atoms with Crippen LogP contribution in [-0.4, -0.2) is 55.1 Å². The van der Waals surface area contributed by atoms with Gasteiger partial charge in [0.25, 0.3) is 0 Å². The van der Waals surface area contributed by atoms with Crippen molar-refractivity contribution >= 4 is 78.6 Å². The first-order chi connectivity index (χ1) is 6.00. The first kappa shape index (κ1) is 37.2. The molecule has 0 heterocycles. The standard InChI is InChI=1S/Al.Ca.3H3O4P.W/c;;3*1-5(2,3)4;/h;;3*(H3,1,2,3,4);/q+3;+2;;;;/p-9. The fourth-order valence-corrected chi connectivity index (χ4v) is 0. The number of phosphoric acid groups is 3. The molecule has 0 radical (unpaired) electrons. The predicted molar refractivity (Wildman–Crippen MR) is 34.3 cm³/mol. The van der Waals surface area contributed by atoms with Gasteiger partial charge in [-0.05, 0) is 0 Å². The van der Waals surface area contributed by atoms with Crippen molar-refractivity contribution in [2.24, 2.45) is 0 Å². The molecule has 0 atom stereocenters. The Morgan fingerprint density at radius 2 is 0.500 bits per heavy atom. The summed E-state index contributed by atoms with van der Waals surface area (Å²) in [5, 5.41) is 0. The molecule has 0 aromatic heterocycles. The van der Waals surface area contributed by atoms with Crippen molar-refractivity contribution < 1.29 is 78.8 Å². The summed E-state index contributed by atoms with van der Waals surface area (Å²) >= 11 is 0. The average molecular weight is 536 g/mol. The van der Waals surface area contributed by atoms with Gasteiger partial charge in [-0.25, -0.2) is 0 Å². The average Bonchev–Trinajstić information content (AvgIpc) is 1.41. The SMILES string of the molecule is O=P([O-])([O-])[O-].O=P([O-])([O-])[O-].O=P([O-])([O-])[O-].[Al+3].[Ca+2].[W]. The summed E-state index contributed by atoms with van der Waals surface area (Å²) in [7, 11) is -16.2. The Hall–Kier alpha value is 2.81. The molecule has 0 saturated carbocycles. The molecule has 0 aliphatic carbocycles. The summed E-state index contributed by atoms with van der Waals surface area (Å²) in [4.78, 5) is 76.9. The molecule has 0 aromatic rings. The molecule has 18 heteroatoms. The van der Waals surface area contributed by atoms with E-state index in [1.165, 1.54) is 0 Å². The normalized spacial score (nSPS) is 9.83. The van der Waals surface area contributed by atoms with Gasteiger partial charge in [0.05, 0.1) is 0 Å². The Morgan fingerprint density at radius 1 is 0.500 bits per heavy atom. The second-order valence-corrected chi connectivity index (χ2v) is 4.02. The molecule has 0 saturated heterocycles. The van der Waals surface area contributed by atoms with E-state index in [1.54, 1.807) is 0 Å². The van der Waals surface area contributed by atoms with Gasteiger partial charge in [-0.1, -0.05) is 0 Å². The van der Waals surface area contributed by atoms with Gasteiger partial charge in [0.15, 0.2) is 0 Å². The van der Waals surface area contributed by atoms with E-state index in [4.69, 9.17) is 57.7 Å². The van der Waals surface area contributed by atoms with E-state index in [9.17, 15) is 0 Å². The zero-order valence-corrected chi connectivity index (χ0v) is 16.9. The third-order valence-corrected chi connectivity index (χ3v) is 0. The Balaban J connectivity index is -0.0000000277. The molecule has 0 unspecified atom stereocenters. The minimum absolute atomic E-state index is 0. The third kappa shape index (κ3) is 755. The molecule has 18 heavy (non-hydrogen) atoms. The molecule has 0 spiro atoms. The summed E-state index contributed by atoms with van der Waals surface area (Å²) in [5.74, 6) is 0. The van der Waals surface area contributed by atoms with Crippen LogP contribution in [0.3, 0.4) is 0 Å². The van der Waals surface area contributed by atoms with E-state index in [0.717, 1.165) is 0 Å². The van der Waals surface area contributed by atoms with Crippen molar-refractivity contribution in [3.63, 3.8) is 0 Å². The molecule has 0 aliphatic rings. The van der Waals surface area contributed by atoms with E-state index in [-0.39, 0.29) is 76.2 Å². The Kier molecular flexibility index (Phi) is 33.5. The van der Waals surface area contributed by atoms with Crippen LogP contribution in [0.4, 0.5) is 0 Å². The quantitative estimate of drug-likeness (QED) is 0.207. The minimum atomic E-state index is -5.39. The van der Waals surface area contributed by atoms with Crippen molar-refractivity contribution in [2.45, 2.75) is 0 Å². The summed E-state index contributed by atoms with van der Waals surface area (Å²) < 4.78 is 25.6. The molecule has 0 fully saturated rings. The van der Waals surface area contributed by atoms with Crippen LogP contribution in [0.2, 0.25) is 0 Å². The molecule has 0 rings (SSSR count). The second-order valence-electron chi connectivity index (χ2n) is 1.34. The largest absolute Gasteiger partial charge is 3.00 e. The topological polar surface area (TPSA) is 259 Å². The van der Waals surface area contributed by atoms with Crippen LogP contribution >= 0.6 is 23.5 Å². The van der Waals surface area contributed by atoms with Crippen LogP contribution in [0.15, 0.2) is 0 Å². The number of rotatable bonds is 0. The zero-order valence-electron chi connectivity index (χ0n) is 7.93. The first-order valence-electron chi connectivity index (χ1n) is 2.19. The zero-order chi connectivity index (χ0) is 13.5. The molecule has 0 amide bonds. The van der Waals surface area contributed by atoms with Crippen molar-refractivity contribution in [3.05, 3.63) is 0 Å². The van der Waals surface area contributed by atoms with E-state index >= 15 is 0 Å². The molecule has 0 aromatic carbocycles. The van der Waals surface area contributed by atoms with E-state index in [0.29, 0.717) is 0 Å². The minimum Gasteiger partial charge on any atom is -0.822 e. The smallest absolute Gasteiger partial charge is 0.822 e. The molecule has 0 N–H and O–H groups in total. The number of hydrogen-bond donors (Lipinski definition) is 0. The summed E-state index contributed by atoms with van der Waals surface area (Å²) in [6.07, 6.45) is 0. The molecule has 12 nitrogen and oxygen atoms in total. The summed E-state index contributed by atoms with van der Waals surface area (Å²) in [6, 6.07) is 0. The predicted octanol–water partition coefficient (Wildman–Crippen LogP) is -9.24. The van der Waals surface area contributed by atoms with Gasteiger partial charge in [-0.3, -0.25) is 0 Å². The Morgan fingerprint density at radius 3 is 0.500 bits per heavy atom. The Bertz CT molecular complexity index is 213. The van der Waals surface area contributed by atoms with Crippen molar-refractivity contribution in [3.8, 4) is 0 Å². The van der Waals surface area contributed by atoms with Gasteiger partial charge in [0.2, 0.25) is 0 Å². The Labute approximate surface area is 156 Å². The van der Waals surface area contributed by atoms with Gasteiger partial charge >= 0.3 is 55.1 Å².